The summed E-state index contributed by atoms with van der Waals surface area (Å²) in [6.07, 6.45) is 1.65. The molecule has 3 aromatic rings. The summed E-state index contributed by atoms with van der Waals surface area (Å²) in [5, 5.41) is 5.92. The van der Waals surface area contributed by atoms with Crippen LogP contribution in [0.5, 0.6) is 11.9 Å². The molecule has 0 aliphatic carbocycles. The Labute approximate surface area is 187 Å². The molecule has 3 rings (SSSR count). The van der Waals surface area contributed by atoms with E-state index in [1.54, 1.807) is 18.3 Å². The van der Waals surface area contributed by atoms with Crippen molar-refractivity contribution in [2.45, 2.75) is 27.0 Å². The van der Waals surface area contributed by atoms with Gasteiger partial charge in [0, 0.05) is 43.9 Å². The Morgan fingerprint density at radius 2 is 1.84 bits per heavy atom. The van der Waals surface area contributed by atoms with Crippen molar-refractivity contribution < 1.29 is 18.7 Å². The molecule has 0 saturated heterocycles. The summed E-state index contributed by atoms with van der Waals surface area (Å²) in [4.78, 5) is 19.5. The van der Waals surface area contributed by atoms with E-state index in [1.165, 1.54) is 20.1 Å². The maximum Gasteiger partial charge on any atom is 0.320 e. The normalized spacial score (nSPS) is 10.6. The zero-order valence-corrected chi connectivity index (χ0v) is 18.4. The van der Waals surface area contributed by atoms with Gasteiger partial charge in [-0.25, -0.2) is 9.37 Å². The molecule has 7 nitrogen and oxygen atoms in total. The van der Waals surface area contributed by atoms with Crippen LogP contribution in [0.4, 0.5) is 4.39 Å². The maximum atomic E-state index is 14.2. The molecule has 0 saturated carbocycles. The second-order valence-electron chi connectivity index (χ2n) is 7.21. The predicted molar refractivity (Wildman–Crippen MR) is 120 cm³/mol. The Morgan fingerprint density at radius 1 is 1.06 bits per heavy atom. The number of amides is 1. The fraction of sp³-hybridized carbons (Fsp3) is 0.292. The van der Waals surface area contributed by atoms with Gasteiger partial charge in [0.1, 0.15) is 12.4 Å². The van der Waals surface area contributed by atoms with Gasteiger partial charge in [0.05, 0.1) is 7.11 Å². The smallest absolute Gasteiger partial charge is 0.320 e. The van der Waals surface area contributed by atoms with Gasteiger partial charge in [0.2, 0.25) is 11.8 Å². The lowest BCUT2D eigenvalue weighted by Gasteiger charge is -2.14. The van der Waals surface area contributed by atoms with Gasteiger partial charge in [0.15, 0.2) is 0 Å². The van der Waals surface area contributed by atoms with Crippen molar-refractivity contribution in [2.75, 3.05) is 20.2 Å². The van der Waals surface area contributed by atoms with Crippen LogP contribution in [-0.2, 0) is 17.9 Å². The Morgan fingerprint density at radius 3 is 2.59 bits per heavy atom. The number of benzene rings is 2. The average molecular weight is 439 g/mol. The van der Waals surface area contributed by atoms with Crippen molar-refractivity contribution in [1.29, 1.82) is 0 Å². The molecule has 0 aliphatic heterocycles. The van der Waals surface area contributed by atoms with Crippen molar-refractivity contribution in [3.63, 3.8) is 0 Å². The van der Waals surface area contributed by atoms with E-state index < -0.39 is 0 Å². The first-order valence-electron chi connectivity index (χ1n) is 10.3. The lowest BCUT2D eigenvalue weighted by Crippen LogP contribution is -2.30. The zero-order chi connectivity index (χ0) is 22.9. The summed E-state index contributed by atoms with van der Waals surface area (Å²) in [6.45, 7) is 5.30. The molecule has 2 aromatic carbocycles. The van der Waals surface area contributed by atoms with Crippen LogP contribution < -0.4 is 20.1 Å². The first-order valence-corrected chi connectivity index (χ1v) is 10.3. The highest BCUT2D eigenvalue weighted by molar-refractivity contribution is 5.72. The first kappa shape index (κ1) is 23.1. The molecule has 32 heavy (non-hydrogen) atoms. The standard InChI is InChI=1S/C24H27FN4O3/c1-16-18(7-6-9-20(16)21-8-4-5-10-22(21)25)15-32-24-28-14-19(23(29-24)31-3)13-26-11-12-27-17(2)30/h4-10,14,26H,11-13,15H2,1-3H3,(H,27,30). The van der Waals surface area contributed by atoms with E-state index in [0.717, 1.165) is 22.3 Å². The fourth-order valence-corrected chi connectivity index (χ4v) is 3.25. The van der Waals surface area contributed by atoms with Crippen molar-refractivity contribution in [3.8, 4) is 23.0 Å². The van der Waals surface area contributed by atoms with E-state index in [-0.39, 0.29) is 24.3 Å². The zero-order valence-electron chi connectivity index (χ0n) is 18.4. The number of rotatable bonds is 10. The number of hydrogen-bond acceptors (Lipinski definition) is 6. The van der Waals surface area contributed by atoms with E-state index >= 15 is 0 Å². The topological polar surface area (TPSA) is 85.4 Å². The lowest BCUT2D eigenvalue weighted by molar-refractivity contribution is -0.118. The first-order chi connectivity index (χ1) is 15.5. The predicted octanol–water partition coefficient (Wildman–Crippen LogP) is 3.40. The second-order valence-corrected chi connectivity index (χ2v) is 7.21. The molecule has 0 spiro atoms. The van der Waals surface area contributed by atoms with E-state index in [0.29, 0.717) is 31.1 Å². The Balaban J connectivity index is 1.65. The Bertz CT molecular complexity index is 1070. The summed E-state index contributed by atoms with van der Waals surface area (Å²) in [7, 11) is 1.54. The van der Waals surface area contributed by atoms with Gasteiger partial charge in [-0.3, -0.25) is 4.79 Å². The molecular weight excluding hydrogens is 411 g/mol. The molecule has 1 aromatic heterocycles. The third-order valence-corrected chi connectivity index (χ3v) is 4.95. The molecule has 1 heterocycles. The third-order valence-electron chi connectivity index (χ3n) is 4.95. The minimum absolute atomic E-state index is 0.0658. The molecule has 0 aliphatic rings. The number of methoxy groups -OCH3 is 1. The summed E-state index contributed by atoms with van der Waals surface area (Å²) >= 11 is 0. The number of halogens is 1. The number of aromatic nitrogens is 2. The number of carbonyl (C=O) groups is 1. The van der Waals surface area contributed by atoms with Crippen LogP contribution in [0, 0.1) is 12.7 Å². The third kappa shape index (κ3) is 6.01. The monoisotopic (exact) mass is 438 g/mol. The molecule has 0 fully saturated rings. The molecule has 0 atom stereocenters. The molecule has 2 N–H and O–H groups in total. The van der Waals surface area contributed by atoms with E-state index in [1.807, 2.05) is 31.2 Å². The molecule has 0 bridgehead atoms. The molecule has 0 unspecified atom stereocenters. The summed E-state index contributed by atoms with van der Waals surface area (Å²) in [6, 6.07) is 12.6. The minimum atomic E-state index is -0.261. The van der Waals surface area contributed by atoms with Gasteiger partial charge < -0.3 is 20.1 Å². The van der Waals surface area contributed by atoms with Crippen LogP contribution in [0.1, 0.15) is 23.6 Å². The molecule has 168 valence electrons. The highest BCUT2D eigenvalue weighted by atomic mass is 19.1. The van der Waals surface area contributed by atoms with E-state index in [4.69, 9.17) is 9.47 Å². The van der Waals surface area contributed by atoms with Crippen molar-refractivity contribution in [1.82, 2.24) is 20.6 Å². The van der Waals surface area contributed by atoms with Gasteiger partial charge in [-0.2, -0.15) is 4.98 Å². The Hall–Kier alpha value is -3.52. The summed E-state index contributed by atoms with van der Waals surface area (Å²) < 4.78 is 25.4. The number of ether oxygens (including phenoxy) is 2. The van der Waals surface area contributed by atoms with E-state index in [2.05, 4.69) is 20.6 Å². The van der Waals surface area contributed by atoms with Crippen LogP contribution >= 0.6 is 0 Å². The minimum Gasteiger partial charge on any atom is -0.481 e. The number of nitrogens with zero attached hydrogens (tertiary/aromatic N) is 2. The molecule has 1 amide bonds. The van der Waals surface area contributed by atoms with Crippen LogP contribution in [0.2, 0.25) is 0 Å². The van der Waals surface area contributed by atoms with Gasteiger partial charge in [-0.15, -0.1) is 0 Å². The average Bonchev–Trinajstić information content (AvgIpc) is 2.79. The Kier molecular flexibility index (Phi) is 8.10. The highest BCUT2D eigenvalue weighted by Gasteiger charge is 2.12. The van der Waals surface area contributed by atoms with Crippen LogP contribution in [0.25, 0.3) is 11.1 Å². The van der Waals surface area contributed by atoms with Gasteiger partial charge in [-0.05, 0) is 29.7 Å². The van der Waals surface area contributed by atoms with Crippen molar-refractivity contribution in [3.05, 3.63) is 71.2 Å². The van der Waals surface area contributed by atoms with Gasteiger partial charge >= 0.3 is 6.01 Å². The van der Waals surface area contributed by atoms with Crippen molar-refractivity contribution >= 4 is 5.91 Å². The van der Waals surface area contributed by atoms with Crippen molar-refractivity contribution in [2.24, 2.45) is 0 Å². The maximum absolute atomic E-state index is 14.2. The van der Waals surface area contributed by atoms with E-state index in [9.17, 15) is 9.18 Å². The molecular formula is C24H27FN4O3. The number of hydrogen-bond donors (Lipinski definition) is 2. The van der Waals surface area contributed by atoms with Gasteiger partial charge in [-0.1, -0.05) is 36.4 Å². The second kappa shape index (κ2) is 11.2. The van der Waals surface area contributed by atoms with Gasteiger partial charge in [0.25, 0.3) is 0 Å². The number of carbonyl (C=O) groups excluding carboxylic acids is 1. The molecule has 0 radical (unpaired) electrons. The SMILES string of the molecule is COc1nc(OCc2cccc(-c3ccccc3F)c2C)ncc1CNCCNC(C)=O. The van der Waals surface area contributed by atoms with Crippen LogP contribution in [0.15, 0.2) is 48.7 Å². The lowest BCUT2D eigenvalue weighted by atomic mass is 9.96. The molecule has 8 heteroatoms. The highest BCUT2D eigenvalue weighted by Crippen LogP contribution is 2.28. The largest absolute Gasteiger partial charge is 0.481 e. The summed E-state index contributed by atoms with van der Waals surface area (Å²) in [5.41, 5.74) is 4.01. The van der Waals surface area contributed by atoms with Crippen LogP contribution in [0.3, 0.4) is 0 Å². The fourth-order valence-electron chi connectivity index (χ4n) is 3.25. The summed E-state index contributed by atoms with van der Waals surface area (Å²) in [5.74, 6) is 0.0887. The number of nitrogens with one attached hydrogen (secondary N) is 2. The quantitative estimate of drug-likeness (QED) is 0.472. The van der Waals surface area contributed by atoms with Crippen LogP contribution in [-0.4, -0.2) is 36.1 Å².